The molecule has 0 aliphatic carbocycles. The Morgan fingerprint density at radius 1 is 0.964 bits per heavy atom. The summed E-state index contributed by atoms with van der Waals surface area (Å²) >= 11 is 0. The molecule has 1 amide bonds. The van der Waals surface area contributed by atoms with E-state index >= 15 is 0 Å². The van der Waals surface area contributed by atoms with Crippen LogP contribution in [-0.2, 0) is 0 Å². The molecule has 0 radical (unpaired) electrons. The molecule has 3 aromatic rings. The van der Waals surface area contributed by atoms with Gasteiger partial charge in [0.05, 0.1) is 6.10 Å². The van der Waals surface area contributed by atoms with Gasteiger partial charge in [-0.15, -0.1) is 0 Å². The Bertz CT molecular complexity index is 931. The van der Waals surface area contributed by atoms with Gasteiger partial charge in [-0.3, -0.25) is 4.79 Å². The number of hydrogen-bond acceptors (Lipinski definition) is 4. The van der Waals surface area contributed by atoms with Gasteiger partial charge in [0.1, 0.15) is 5.82 Å². The van der Waals surface area contributed by atoms with E-state index < -0.39 is 6.10 Å². The summed E-state index contributed by atoms with van der Waals surface area (Å²) in [6.07, 6.45) is 1.77. The lowest BCUT2D eigenvalue weighted by molar-refractivity contribution is 0.0894. The lowest BCUT2D eigenvalue weighted by Crippen LogP contribution is -2.53. The number of nitrogens with zero attached hydrogens (tertiary/aromatic N) is 2. The van der Waals surface area contributed by atoms with Crippen LogP contribution in [0.15, 0.2) is 79.0 Å². The highest BCUT2D eigenvalue weighted by Gasteiger charge is 2.28. The lowest BCUT2D eigenvalue weighted by atomic mass is 10.0. The SMILES string of the molecule is O=C(N[C@H]1C[C@@H](O)CN(c2ccccn2)C1)c1cccc(-c2ccccc2)c1. The van der Waals surface area contributed by atoms with Gasteiger partial charge in [0, 0.05) is 30.9 Å². The van der Waals surface area contributed by atoms with E-state index in [1.807, 2.05) is 77.7 Å². The van der Waals surface area contributed by atoms with Crippen LogP contribution in [0.25, 0.3) is 11.1 Å². The Balaban J connectivity index is 1.47. The maximum atomic E-state index is 12.8. The van der Waals surface area contributed by atoms with E-state index in [0.717, 1.165) is 16.9 Å². The lowest BCUT2D eigenvalue weighted by Gasteiger charge is -2.36. The van der Waals surface area contributed by atoms with Gasteiger partial charge >= 0.3 is 0 Å². The third-order valence-corrected chi connectivity index (χ3v) is 4.97. The third kappa shape index (κ3) is 4.21. The molecule has 2 atom stereocenters. The predicted octanol–water partition coefficient (Wildman–Crippen LogP) is 3.12. The van der Waals surface area contributed by atoms with Crippen molar-refractivity contribution in [3.8, 4) is 11.1 Å². The number of aliphatic hydroxyl groups excluding tert-OH is 1. The molecule has 2 aromatic carbocycles. The molecule has 28 heavy (non-hydrogen) atoms. The maximum absolute atomic E-state index is 12.8. The van der Waals surface area contributed by atoms with Crippen LogP contribution in [0.2, 0.25) is 0 Å². The van der Waals surface area contributed by atoms with E-state index in [1.165, 1.54) is 0 Å². The Morgan fingerprint density at radius 3 is 2.54 bits per heavy atom. The minimum Gasteiger partial charge on any atom is -0.391 e. The fourth-order valence-corrected chi connectivity index (χ4v) is 3.64. The number of carbonyl (C=O) groups excluding carboxylic acids is 1. The molecule has 5 heteroatoms. The highest BCUT2D eigenvalue weighted by molar-refractivity contribution is 5.95. The molecule has 0 saturated carbocycles. The first-order chi connectivity index (χ1) is 13.7. The zero-order chi connectivity index (χ0) is 19.3. The zero-order valence-corrected chi connectivity index (χ0v) is 15.5. The highest BCUT2D eigenvalue weighted by atomic mass is 16.3. The van der Waals surface area contributed by atoms with Crippen molar-refractivity contribution in [2.75, 3.05) is 18.0 Å². The second-order valence-electron chi connectivity index (χ2n) is 7.10. The number of benzene rings is 2. The largest absolute Gasteiger partial charge is 0.391 e. The molecule has 2 N–H and O–H groups in total. The third-order valence-electron chi connectivity index (χ3n) is 4.97. The zero-order valence-electron chi connectivity index (χ0n) is 15.5. The molecule has 1 fully saturated rings. The molecular formula is C23H23N3O2. The van der Waals surface area contributed by atoms with Gasteiger partial charge < -0.3 is 15.3 Å². The van der Waals surface area contributed by atoms with Crippen molar-refractivity contribution in [3.05, 3.63) is 84.6 Å². The van der Waals surface area contributed by atoms with E-state index in [4.69, 9.17) is 0 Å². The Morgan fingerprint density at radius 2 is 1.75 bits per heavy atom. The van der Waals surface area contributed by atoms with Crippen LogP contribution in [-0.4, -0.2) is 41.2 Å². The number of hydrogen-bond donors (Lipinski definition) is 2. The molecule has 4 rings (SSSR count). The standard InChI is InChI=1S/C23H23N3O2/c27-21-14-20(15-26(16-21)22-11-4-5-12-24-22)25-23(28)19-10-6-9-18(13-19)17-7-2-1-3-8-17/h1-13,20-21,27H,14-16H2,(H,25,28)/t20-,21+/m0/s1. The molecular weight excluding hydrogens is 350 g/mol. The second-order valence-corrected chi connectivity index (χ2v) is 7.10. The first-order valence-corrected chi connectivity index (χ1v) is 9.49. The van der Waals surface area contributed by atoms with Crippen molar-refractivity contribution in [3.63, 3.8) is 0 Å². The van der Waals surface area contributed by atoms with Gasteiger partial charge in [0.25, 0.3) is 5.91 Å². The summed E-state index contributed by atoms with van der Waals surface area (Å²) in [4.78, 5) is 19.2. The number of anilines is 1. The van der Waals surface area contributed by atoms with Crippen LogP contribution in [0.3, 0.4) is 0 Å². The Kier molecular flexibility index (Phi) is 5.35. The number of aromatic nitrogens is 1. The maximum Gasteiger partial charge on any atom is 0.251 e. The smallest absolute Gasteiger partial charge is 0.251 e. The number of nitrogens with one attached hydrogen (secondary N) is 1. The molecule has 2 heterocycles. The van der Waals surface area contributed by atoms with Gasteiger partial charge in [-0.2, -0.15) is 0 Å². The molecule has 0 bridgehead atoms. The van der Waals surface area contributed by atoms with Crippen LogP contribution in [0, 0.1) is 0 Å². The monoisotopic (exact) mass is 373 g/mol. The van der Waals surface area contributed by atoms with Gasteiger partial charge in [-0.05, 0) is 41.8 Å². The molecule has 1 aliphatic heterocycles. The van der Waals surface area contributed by atoms with Crippen molar-refractivity contribution in [2.45, 2.75) is 18.6 Å². The van der Waals surface area contributed by atoms with E-state index in [-0.39, 0.29) is 11.9 Å². The fraction of sp³-hybridized carbons (Fsp3) is 0.217. The minimum atomic E-state index is -0.503. The first-order valence-electron chi connectivity index (χ1n) is 9.49. The predicted molar refractivity (Wildman–Crippen MR) is 110 cm³/mol. The number of aliphatic hydroxyl groups is 1. The minimum absolute atomic E-state index is 0.127. The van der Waals surface area contributed by atoms with Crippen molar-refractivity contribution < 1.29 is 9.90 Å². The number of β-amino-alcohol motifs (C(OH)–C–C–N with tert-alkyl or cyclic N) is 1. The number of pyridine rings is 1. The molecule has 142 valence electrons. The van der Waals surface area contributed by atoms with Crippen molar-refractivity contribution in [2.24, 2.45) is 0 Å². The average Bonchev–Trinajstić information content (AvgIpc) is 2.75. The number of carbonyl (C=O) groups is 1. The van der Waals surface area contributed by atoms with Gasteiger partial charge in [0.15, 0.2) is 0 Å². The van der Waals surface area contributed by atoms with Crippen LogP contribution < -0.4 is 10.2 Å². The summed E-state index contributed by atoms with van der Waals surface area (Å²) in [6, 6.07) is 23.2. The molecule has 1 aliphatic rings. The summed E-state index contributed by atoms with van der Waals surface area (Å²) in [5.74, 6) is 0.685. The van der Waals surface area contributed by atoms with E-state index in [2.05, 4.69) is 10.3 Å². The van der Waals surface area contributed by atoms with Crippen LogP contribution >= 0.6 is 0 Å². The Hall–Kier alpha value is -3.18. The Labute approximate surface area is 164 Å². The summed E-state index contributed by atoms with van der Waals surface area (Å²) in [5.41, 5.74) is 2.70. The number of rotatable bonds is 4. The molecule has 0 unspecified atom stereocenters. The average molecular weight is 373 g/mol. The van der Waals surface area contributed by atoms with Crippen molar-refractivity contribution >= 4 is 11.7 Å². The fourth-order valence-electron chi connectivity index (χ4n) is 3.64. The molecule has 1 aromatic heterocycles. The van der Waals surface area contributed by atoms with E-state index in [0.29, 0.717) is 25.1 Å². The quantitative estimate of drug-likeness (QED) is 0.738. The highest BCUT2D eigenvalue weighted by Crippen LogP contribution is 2.21. The van der Waals surface area contributed by atoms with Gasteiger partial charge in [-0.1, -0.05) is 48.5 Å². The summed E-state index contributed by atoms with van der Waals surface area (Å²) < 4.78 is 0. The van der Waals surface area contributed by atoms with Gasteiger partial charge in [-0.25, -0.2) is 4.98 Å². The van der Waals surface area contributed by atoms with Crippen molar-refractivity contribution in [1.82, 2.24) is 10.3 Å². The molecule has 0 spiro atoms. The number of piperidine rings is 1. The van der Waals surface area contributed by atoms with Gasteiger partial charge in [0.2, 0.25) is 0 Å². The first kappa shape index (κ1) is 18.2. The van der Waals surface area contributed by atoms with Crippen molar-refractivity contribution in [1.29, 1.82) is 0 Å². The van der Waals surface area contributed by atoms with Crippen LogP contribution in [0.5, 0.6) is 0 Å². The molecule has 5 nitrogen and oxygen atoms in total. The van der Waals surface area contributed by atoms with E-state index in [9.17, 15) is 9.90 Å². The summed E-state index contributed by atoms with van der Waals surface area (Å²) in [5, 5.41) is 13.3. The second kappa shape index (κ2) is 8.23. The molecule has 1 saturated heterocycles. The van der Waals surface area contributed by atoms with Crippen LogP contribution in [0.1, 0.15) is 16.8 Å². The van der Waals surface area contributed by atoms with Crippen LogP contribution in [0.4, 0.5) is 5.82 Å². The number of amides is 1. The summed E-state index contributed by atoms with van der Waals surface area (Å²) in [7, 11) is 0. The normalized spacial score (nSPS) is 19.2. The summed E-state index contributed by atoms with van der Waals surface area (Å²) in [6.45, 7) is 1.14. The topological polar surface area (TPSA) is 65.5 Å². The van der Waals surface area contributed by atoms with E-state index in [1.54, 1.807) is 6.20 Å².